The van der Waals surface area contributed by atoms with E-state index in [0.29, 0.717) is 19.0 Å². The molecule has 0 atom stereocenters. The molecule has 0 spiro atoms. The molecule has 1 amide bonds. The average Bonchev–Trinajstić information content (AvgIpc) is 2.37. The smallest absolute Gasteiger partial charge is 0.410 e. The molecule has 0 unspecified atom stereocenters. The Balaban J connectivity index is 2.80. The topological polar surface area (TPSA) is 66.8 Å². The van der Waals surface area contributed by atoms with Crippen LogP contribution in [-0.4, -0.2) is 34.2 Å². The second-order valence-electron chi connectivity index (χ2n) is 7.14. The van der Waals surface area contributed by atoms with E-state index in [1.807, 2.05) is 46.8 Å². The fourth-order valence-corrected chi connectivity index (χ4v) is 2.13. The van der Waals surface area contributed by atoms with Gasteiger partial charge in [0.25, 0.3) is 0 Å². The highest BCUT2D eigenvalue weighted by atomic mass is 16.6. The standard InChI is InChI=1S/C18H27NO4/c1-13(2)11-19(17(22)23-18(3,4)5)12-15-8-6-14(7-9-15)10-16(20)21/h6-9,13H,10-12H2,1-5H3,(H,20,21). The second-order valence-corrected chi connectivity index (χ2v) is 7.14. The fourth-order valence-electron chi connectivity index (χ4n) is 2.13. The molecule has 0 aliphatic heterocycles. The number of amides is 1. The Bertz CT molecular complexity index is 529. The molecule has 0 radical (unpaired) electrons. The highest BCUT2D eigenvalue weighted by molar-refractivity contribution is 5.70. The summed E-state index contributed by atoms with van der Waals surface area (Å²) in [7, 11) is 0. The van der Waals surface area contributed by atoms with Crippen LogP contribution in [0.3, 0.4) is 0 Å². The van der Waals surface area contributed by atoms with Crippen molar-refractivity contribution in [2.45, 2.75) is 53.2 Å². The molecule has 1 rings (SSSR count). The molecule has 1 aromatic rings. The minimum atomic E-state index is -0.854. The first kappa shape index (κ1) is 19.0. The molecular formula is C18H27NO4. The summed E-state index contributed by atoms with van der Waals surface area (Å²) >= 11 is 0. The number of hydrogen-bond acceptors (Lipinski definition) is 3. The number of carbonyl (C=O) groups excluding carboxylic acids is 1. The SMILES string of the molecule is CC(C)CN(Cc1ccc(CC(=O)O)cc1)C(=O)OC(C)(C)C. The van der Waals surface area contributed by atoms with Crippen molar-refractivity contribution in [1.82, 2.24) is 4.90 Å². The van der Waals surface area contributed by atoms with Crippen LogP contribution in [0.5, 0.6) is 0 Å². The third-order valence-electron chi connectivity index (χ3n) is 2.99. The van der Waals surface area contributed by atoms with Crippen LogP contribution in [0.25, 0.3) is 0 Å². The quantitative estimate of drug-likeness (QED) is 0.867. The van der Waals surface area contributed by atoms with Crippen molar-refractivity contribution in [3.05, 3.63) is 35.4 Å². The summed E-state index contributed by atoms with van der Waals surface area (Å²) in [6.45, 7) is 10.7. The van der Waals surface area contributed by atoms with E-state index in [-0.39, 0.29) is 12.5 Å². The van der Waals surface area contributed by atoms with Crippen molar-refractivity contribution in [3.8, 4) is 0 Å². The molecule has 1 N–H and O–H groups in total. The molecule has 0 aromatic heterocycles. The molecule has 0 aliphatic rings. The summed E-state index contributed by atoms with van der Waals surface area (Å²) in [5.41, 5.74) is 1.16. The molecule has 0 bridgehead atoms. The number of aliphatic carboxylic acids is 1. The highest BCUT2D eigenvalue weighted by Crippen LogP contribution is 2.15. The molecule has 0 saturated carbocycles. The van der Waals surface area contributed by atoms with Crippen molar-refractivity contribution >= 4 is 12.1 Å². The summed E-state index contributed by atoms with van der Waals surface area (Å²) in [4.78, 5) is 24.7. The maximum atomic E-state index is 12.3. The molecule has 128 valence electrons. The summed E-state index contributed by atoms with van der Waals surface area (Å²) in [6.07, 6.45) is -0.331. The van der Waals surface area contributed by atoms with Crippen LogP contribution in [0.1, 0.15) is 45.7 Å². The Morgan fingerprint density at radius 3 is 2.09 bits per heavy atom. The van der Waals surface area contributed by atoms with Crippen LogP contribution >= 0.6 is 0 Å². The van der Waals surface area contributed by atoms with Gasteiger partial charge in [-0.2, -0.15) is 0 Å². The average molecular weight is 321 g/mol. The first-order chi connectivity index (χ1) is 10.6. The largest absolute Gasteiger partial charge is 0.481 e. The second kappa shape index (κ2) is 7.99. The predicted molar refractivity (Wildman–Crippen MR) is 89.3 cm³/mol. The maximum absolute atomic E-state index is 12.3. The Morgan fingerprint density at radius 1 is 1.13 bits per heavy atom. The van der Waals surface area contributed by atoms with Gasteiger partial charge in [0.15, 0.2) is 0 Å². The zero-order valence-electron chi connectivity index (χ0n) is 14.6. The lowest BCUT2D eigenvalue weighted by atomic mass is 10.1. The first-order valence-electron chi connectivity index (χ1n) is 7.84. The van der Waals surface area contributed by atoms with Crippen LogP contribution in [-0.2, 0) is 22.5 Å². The van der Waals surface area contributed by atoms with Crippen molar-refractivity contribution in [1.29, 1.82) is 0 Å². The molecule has 0 saturated heterocycles. The van der Waals surface area contributed by atoms with Gasteiger partial charge in [-0.3, -0.25) is 4.79 Å². The monoisotopic (exact) mass is 321 g/mol. The number of hydrogen-bond donors (Lipinski definition) is 1. The van der Waals surface area contributed by atoms with Gasteiger partial charge in [0.1, 0.15) is 5.60 Å². The summed E-state index contributed by atoms with van der Waals surface area (Å²) < 4.78 is 5.46. The first-order valence-corrected chi connectivity index (χ1v) is 7.84. The molecule has 1 aromatic carbocycles. The van der Waals surface area contributed by atoms with Gasteiger partial charge in [-0.15, -0.1) is 0 Å². The number of benzene rings is 1. The van der Waals surface area contributed by atoms with Crippen LogP contribution in [0.15, 0.2) is 24.3 Å². The van der Waals surface area contributed by atoms with Crippen molar-refractivity contribution in [2.75, 3.05) is 6.54 Å². The van der Waals surface area contributed by atoms with Crippen LogP contribution < -0.4 is 0 Å². The van der Waals surface area contributed by atoms with Gasteiger partial charge < -0.3 is 14.7 Å². The predicted octanol–water partition coefficient (Wildman–Crippen LogP) is 3.71. The van der Waals surface area contributed by atoms with E-state index in [0.717, 1.165) is 11.1 Å². The Hall–Kier alpha value is -2.04. The van der Waals surface area contributed by atoms with Gasteiger partial charge in [-0.25, -0.2) is 4.79 Å². The van der Waals surface area contributed by atoms with E-state index < -0.39 is 11.6 Å². The Labute approximate surface area is 138 Å². The van der Waals surface area contributed by atoms with Crippen LogP contribution in [0.2, 0.25) is 0 Å². The molecule has 0 aliphatic carbocycles. The third-order valence-corrected chi connectivity index (χ3v) is 2.99. The van der Waals surface area contributed by atoms with Crippen molar-refractivity contribution < 1.29 is 19.4 Å². The highest BCUT2D eigenvalue weighted by Gasteiger charge is 2.22. The molecule has 23 heavy (non-hydrogen) atoms. The number of rotatable bonds is 6. The van der Waals surface area contributed by atoms with E-state index in [4.69, 9.17) is 9.84 Å². The van der Waals surface area contributed by atoms with E-state index in [1.54, 1.807) is 17.0 Å². The normalized spacial score (nSPS) is 11.4. The van der Waals surface area contributed by atoms with Crippen LogP contribution in [0, 0.1) is 5.92 Å². The number of carboxylic acids is 1. The summed E-state index contributed by atoms with van der Waals surface area (Å²) in [6, 6.07) is 7.28. The lowest BCUT2D eigenvalue weighted by Gasteiger charge is -2.28. The van der Waals surface area contributed by atoms with E-state index >= 15 is 0 Å². The third kappa shape index (κ3) is 7.68. The summed E-state index contributed by atoms with van der Waals surface area (Å²) in [5, 5.41) is 8.79. The van der Waals surface area contributed by atoms with Crippen molar-refractivity contribution in [3.63, 3.8) is 0 Å². The minimum Gasteiger partial charge on any atom is -0.481 e. The van der Waals surface area contributed by atoms with Gasteiger partial charge in [0, 0.05) is 13.1 Å². The van der Waals surface area contributed by atoms with E-state index in [9.17, 15) is 9.59 Å². The summed E-state index contributed by atoms with van der Waals surface area (Å²) in [5.74, 6) is -0.526. The molecular weight excluding hydrogens is 294 g/mol. The maximum Gasteiger partial charge on any atom is 0.410 e. The molecule has 0 fully saturated rings. The molecule has 5 heteroatoms. The van der Waals surface area contributed by atoms with Crippen LogP contribution in [0.4, 0.5) is 4.79 Å². The Kier molecular flexibility index (Phi) is 6.61. The van der Waals surface area contributed by atoms with Gasteiger partial charge in [0.2, 0.25) is 0 Å². The number of carbonyl (C=O) groups is 2. The number of carboxylic acid groups (broad SMARTS) is 1. The minimum absolute atomic E-state index is 0.00204. The number of nitrogens with zero attached hydrogens (tertiary/aromatic N) is 1. The van der Waals surface area contributed by atoms with Crippen molar-refractivity contribution in [2.24, 2.45) is 5.92 Å². The lowest BCUT2D eigenvalue weighted by molar-refractivity contribution is -0.136. The van der Waals surface area contributed by atoms with Gasteiger partial charge in [-0.05, 0) is 37.8 Å². The van der Waals surface area contributed by atoms with Gasteiger partial charge in [0.05, 0.1) is 6.42 Å². The molecule has 0 heterocycles. The fraction of sp³-hybridized carbons (Fsp3) is 0.556. The molecule has 5 nitrogen and oxygen atoms in total. The van der Waals surface area contributed by atoms with Gasteiger partial charge in [-0.1, -0.05) is 38.1 Å². The zero-order chi connectivity index (χ0) is 17.6. The number of ether oxygens (including phenoxy) is 1. The zero-order valence-corrected chi connectivity index (χ0v) is 14.6. The van der Waals surface area contributed by atoms with Gasteiger partial charge >= 0.3 is 12.1 Å². The Morgan fingerprint density at radius 2 is 1.65 bits per heavy atom. The van der Waals surface area contributed by atoms with E-state index in [1.165, 1.54) is 0 Å². The lowest BCUT2D eigenvalue weighted by Crippen LogP contribution is -2.38. The van der Waals surface area contributed by atoms with E-state index in [2.05, 4.69) is 0 Å².